The topological polar surface area (TPSA) is 43.4 Å². The SMILES string of the molecule is CCCCCCCC(=O)c1cc(C)c(C(=O)OC)s1. The first-order chi connectivity index (χ1) is 9.10. The first kappa shape index (κ1) is 15.9. The van der Waals surface area contributed by atoms with Gasteiger partial charge in [-0.15, -0.1) is 11.3 Å². The molecule has 0 atom stereocenters. The van der Waals surface area contributed by atoms with Crippen LogP contribution in [-0.4, -0.2) is 18.9 Å². The van der Waals surface area contributed by atoms with E-state index in [0.29, 0.717) is 16.2 Å². The first-order valence-corrected chi connectivity index (χ1v) is 7.63. The van der Waals surface area contributed by atoms with Crippen molar-refractivity contribution in [1.29, 1.82) is 0 Å². The average molecular weight is 282 g/mol. The van der Waals surface area contributed by atoms with Crippen molar-refractivity contribution in [3.05, 3.63) is 21.4 Å². The van der Waals surface area contributed by atoms with Crippen LogP contribution in [-0.2, 0) is 4.74 Å². The summed E-state index contributed by atoms with van der Waals surface area (Å²) in [5.74, 6) is -0.218. The molecule has 0 radical (unpaired) electrons. The zero-order valence-electron chi connectivity index (χ0n) is 12.0. The van der Waals surface area contributed by atoms with Gasteiger partial charge in [-0.2, -0.15) is 0 Å². The minimum absolute atomic E-state index is 0.139. The number of hydrogen-bond donors (Lipinski definition) is 0. The standard InChI is InChI=1S/C15H22O3S/c1-4-5-6-7-8-9-12(16)13-10-11(2)14(19-13)15(17)18-3/h10H,4-9H2,1-3H3. The van der Waals surface area contributed by atoms with Gasteiger partial charge in [0.2, 0.25) is 0 Å². The molecule has 0 aromatic carbocycles. The van der Waals surface area contributed by atoms with Crippen molar-refractivity contribution in [3.8, 4) is 0 Å². The number of ketones is 1. The molecule has 0 saturated carbocycles. The van der Waals surface area contributed by atoms with Crippen LogP contribution in [0.15, 0.2) is 6.07 Å². The van der Waals surface area contributed by atoms with E-state index in [1.807, 2.05) is 6.92 Å². The fourth-order valence-electron chi connectivity index (χ4n) is 1.93. The highest BCUT2D eigenvalue weighted by Crippen LogP contribution is 2.24. The molecule has 0 saturated heterocycles. The van der Waals surface area contributed by atoms with E-state index >= 15 is 0 Å². The highest BCUT2D eigenvalue weighted by Gasteiger charge is 2.17. The molecule has 1 aromatic heterocycles. The summed E-state index contributed by atoms with van der Waals surface area (Å²) >= 11 is 1.24. The molecular weight excluding hydrogens is 260 g/mol. The Hall–Kier alpha value is -1.16. The maximum Gasteiger partial charge on any atom is 0.348 e. The molecule has 19 heavy (non-hydrogen) atoms. The van der Waals surface area contributed by atoms with Gasteiger partial charge in [0.15, 0.2) is 5.78 Å². The molecular formula is C15H22O3S. The predicted molar refractivity (Wildman–Crippen MR) is 78.1 cm³/mol. The second-order valence-electron chi connectivity index (χ2n) is 4.70. The van der Waals surface area contributed by atoms with E-state index in [0.717, 1.165) is 18.4 Å². The predicted octanol–water partition coefficient (Wildman–Crippen LogP) is 4.39. The van der Waals surface area contributed by atoms with Gasteiger partial charge in [-0.1, -0.05) is 32.6 Å². The van der Waals surface area contributed by atoms with Crippen molar-refractivity contribution in [2.45, 2.75) is 52.4 Å². The van der Waals surface area contributed by atoms with E-state index in [-0.39, 0.29) is 11.8 Å². The zero-order chi connectivity index (χ0) is 14.3. The third kappa shape index (κ3) is 4.78. The quantitative estimate of drug-likeness (QED) is 0.403. The average Bonchev–Trinajstić information content (AvgIpc) is 2.79. The second kappa shape index (κ2) is 8.10. The number of unbranched alkanes of at least 4 members (excludes halogenated alkanes) is 4. The van der Waals surface area contributed by atoms with E-state index < -0.39 is 0 Å². The Bertz CT molecular complexity index is 435. The molecule has 0 N–H and O–H groups in total. The van der Waals surface area contributed by atoms with Crippen LogP contribution >= 0.6 is 11.3 Å². The molecule has 0 aliphatic carbocycles. The molecule has 0 unspecified atom stereocenters. The number of carbonyl (C=O) groups is 2. The molecule has 1 heterocycles. The number of aryl methyl sites for hydroxylation is 1. The Morgan fingerprint density at radius 1 is 1.21 bits per heavy atom. The van der Waals surface area contributed by atoms with Crippen LogP contribution in [0.4, 0.5) is 0 Å². The third-order valence-corrected chi connectivity index (χ3v) is 4.33. The lowest BCUT2D eigenvalue weighted by Crippen LogP contribution is -1.99. The maximum absolute atomic E-state index is 12.0. The Kier molecular flexibility index (Phi) is 6.78. The molecule has 3 nitrogen and oxygen atoms in total. The van der Waals surface area contributed by atoms with Crippen molar-refractivity contribution < 1.29 is 14.3 Å². The first-order valence-electron chi connectivity index (χ1n) is 6.82. The van der Waals surface area contributed by atoms with Crippen molar-refractivity contribution in [1.82, 2.24) is 0 Å². The molecule has 1 aromatic rings. The van der Waals surface area contributed by atoms with Gasteiger partial charge in [0.25, 0.3) is 0 Å². The summed E-state index contributed by atoms with van der Waals surface area (Å²) in [6.07, 6.45) is 6.25. The molecule has 1 rings (SSSR count). The number of rotatable bonds is 8. The van der Waals surface area contributed by atoms with Crippen molar-refractivity contribution in [2.75, 3.05) is 7.11 Å². The third-order valence-electron chi connectivity index (χ3n) is 3.07. The van der Waals surface area contributed by atoms with E-state index in [4.69, 9.17) is 4.74 Å². The number of carbonyl (C=O) groups excluding carboxylic acids is 2. The van der Waals surface area contributed by atoms with Gasteiger partial charge >= 0.3 is 5.97 Å². The van der Waals surface area contributed by atoms with Gasteiger partial charge in [0, 0.05) is 6.42 Å². The Morgan fingerprint density at radius 3 is 2.53 bits per heavy atom. The monoisotopic (exact) mass is 282 g/mol. The lowest BCUT2D eigenvalue weighted by atomic mass is 10.1. The smallest absolute Gasteiger partial charge is 0.348 e. The molecule has 0 fully saturated rings. The van der Waals surface area contributed by atoms with Crippen LogP contribution < -0.4 is 0 Å². The van der Waals surface area contributed by atoms with E-state index in [1.165, 1.54) is 37.7 Å². The summed E-state index contributed by atoms with van der Waals surface area (Å²) in [5.41, 5.74) is 0.825. The molecule has 0 spiro atoms. The zero-order valence-corrected chi connectivity index (χ0v) is 12.8. The Morgan fingerprint density at radius 2 is 1.89 bits per heavy atom. The van der Waals surface area contributed by atoms with Crippen molar-refractivity contribution >= 4 is 23.1 Å². The molecule has 0 bridgehead atoms. The van der Waals surface area contributed by atoms with Crippen LogP contribution in [0.2, 0.25) is 0 Å². The summed E-state index contributed by atoms with van der Waals surface area (Å²) in [6.45, 7) is 4.01. The molecule has 0 aliphatic heterocycles. The van der Waals surface area contributed by atoms with Crippen LogP contribution in [0.5, 0.6) is 0 Å². The summed E-state index contributed by atoms with van der Waals surface area (Å²) in [6, 6.07) is 1.80. The van der Waals surface area contributed by atoms with Gasteiger partial charge < -0.3 is 4.74 Å². The van der Waals surface area contributed by atoms with E-state index in [9.17, 15) is 9.59 Å². The molecule has 106 valence electrons. The fourth-order valence-corrected chi connectivity index (χ4v) is 2.99. The van der Waals surface area contributed by atoms with Gasteiger partial charge in [0.05, 0.1) is 12.0 Å². The van der Waals surface area contributed by atoms with Gasteiger partial charge in [-0.25, -0.2) is 4.79 Å². The molecule has 4 heteroatoms. The Labute approximate surface area is 119 Å². The van der Waals surface area contributed by atoms with Crippen molar-refractivity contribution in [3.63, 3.8) is 0 Å². The lowest BCUT2D eigenvalue weighted by molar-refractivity contribution is 0.0605. The summed E-state index contributed by atoms with van der Waals surface area (Å²) in [5, 5.41) is 0. The highest BCUT2D eigenvalue weighted by molar-refractivity contribution is 7.16. The number of hydrogen-bond acceptors (Lipinski definition) is 4. The van der Waals surface area contributed by atoms with E-state index in [1.54, 1.807) is 6.07 Å². The highest BCUT2D eigenvalue weighted by atomic mass is 32.1. The Balaban J connectivity index is 2.51. The molecule has 0 aliphatic rings. The summed E-state index contributed by atoms with van der Waals surface area (Å²) in [4.78, 5) is 24.7. The largest absolute Gasteiger partial charge is 0.465 e. The second-order valence-corrected chi connectivity index (χ2v) is 5.75. The number of thiophene rings is 1. The summed E-state index contributed by atoms with van der Waals surface area (Å²) in [7, 11) is 1.36. The normalized spacial score (nSPS) is 10.5. The number of esters is 1. The van der Waals surface area contributed by atoms with Crippen LogP contribution in [0.1, 0.15) is 70.4 Å². The van der Waals surface area contributed by atoms with Crippen LogP contribution in [0.3, 0.4) is 0 Å². The van der Waals surface area contributed by atoms with E-state index in [2.05, 4.69) is 6.92 Å². The summed E-state index contributed by atoms with van der Waals surface area (Å²) < 4.78 is 4.70. The minimum Gasteiger partial charge on any atom is -0.465 e. The maximum atomic E-state index is 12.0. The minimum atomic E-state index is -0.357. The van der Waals surface area contributed by atoms with Crippen molar-refractivity contribution in [2.24, 2.45) is 0 Å². The van der Waals surface area contributed by atoms with Crippen LogP contribution in [0.25, 0.3) is 0 Å². The lowest BCUT2D eigenvalue weighted by Gasteiger charge is -1.98. The fraction of sp³-hybridized carbons (Fsp3) is 0.600. The van der Waals surface area contributed by atoms with Gasteiger partial charge in [0.1, 0.15) is 4.88 Å². The number of ether oxygens (including phenoxy) is 1. The number of methoxy groups -OCH3 is 1. The van der Waals surface area contributed by atoms with Gasteiger partial charge in [-0.3, -0.25) is 4.79 Å². The molecule has 0 amide bonds. The number of Topliss-reactive ketones (excluding diaryl/α,β-unsaturated/α-hetero) is 1. The van der Waals surface area contributed by atoms with Crippen LogP contribution in [0, 0.1) is 6.92 Å². The van der Waals surface area contributed by atoms with Gasteiger partial charge in [-0.05, 0) is 25.0 Å².